The molecule has 2 aromatic heterocycles. The van der Waals surface area contributed by atoms with Gasteiger partial charge in [-0.2, -0.15) is 5.10 Å². The van der Waals surface area contributed by atoms with Crippen molar-refractivity contribution in [3.63, 3.8) is 0 Å². The molecule has 8 nitrogen and oxygen atoms in total. The van der Waals surface area contributed by atoms with Crippen LogP contribution in [0.25, 0.3) is 0 Å². The fourth-order valence-electron chi connectivity index (χ4n) is 2.74. The fourth-order valence-corrected chi connectivity index (χ4v) is 3.25. The summed E-state index contributed by atoms with van der Waals surface area (Å²) in [5.74, 6) is 0.228. The Hall–Kier alpha value is -3.07. The summed E-state index contributed by atoms with van der Waals surface area (Å²) >= 11 is 18.1. The summed E-state index contributed by atoms with van der Waals surface area (Å²) in [6.45, 7) is 0.433. The standard InChI is InChI=1S/C20H15Cl3N6O2/c21-14-6-5-13(9-16(14)23)10-28-11-24-20(27-28)26-19(30)17-7-8-25-29(17)12-31-18-4-2-1-3-15(18)22/h1-9,11H,10,12H2,(H,26,27,30). The number of hydrogen-bond donors (Lipinski definition) is 1. The molecule has 2 heterocycles. The minimum absolute atomic E-state index is 0.0126. The zero-order valence-corrected chi connectivity index (χ0v) is 18.1. The molecular formula is C20H15Cl3N6O2. The summed E-state index contributed by atoms with van der Waals surface area (Å²) in [4.78, 5) is 16.8. The number of nitrogens with one attached hydrogen (secondary N) is 1. The predicted octanol–water partition coefficient (Wildman–Crippen LogP) is 4.77. The van der Waals surface area contributed by atoms with E-state index in [4.69, 9.17) is 39.5 Å². The Morgan fingerprint density at radius 1 is 1.03 bits per heavy atom. The maximum Gasteiger partial charge on any atom is 0.276 e. The molecule has 0 unspecified atom stereocenters. The predicted molar refractivity (Wildman–Crippen MR) is 118 cm³/mol. The Labute approximate surface area is 192 Å². The van der Waals surface area contributed by atoms with Crippen LogP contribution < -0.4 is 10.1 Å². The molecule has 0 saturated carbocycles. The molecule has 0 aliphatic heterocycles. The number of halogens is 3. The van der Waals surface area contributed by atoms with E-state index in [1.165, 1.54) is 17.2 Å². The molecule has 2 aromatic carbocycles. The normalized spacial score (nSPS) is 10.8. The van der Waals surface area contributed by atoms with Gasteiger partial charge in [0.25, 0.3) is 5.91 Å². The van der Waals surface area contributed by atoms with Gasteiger partial charge in [-0.15, -0.1) is 5.10 Å². The van der Waals surface area contributed by atoms with Gasteiger partial charge in [-0.1, -0.05) is 53.0 Å². The van der Waals surface area contributed by atoms with Gasteiger partial charge in [-0.3, -0.25) is 10.1 Å². The zero-order chi connectivity index (χ0) is 21.8. The quantitative estimate of drug-likeness (QED) is 0.414. The molecule has 0 fully saturated rings. The minimum Gasteiger partial charge on any atom is -0.470 e. The van der Waals surface area contributed by atoms with Crippen LogP contribution in [0, 0.1) is 0 Å². The first-order valence-corrected chi connectivity index (χ1v) is 10.2. The van der Waals surface area contributed by atoms with Gasteiger partial charge in [0, 0.05) is 6.20 Å². The molecule has 0 aliphatic carbocycles. The first kappa shape index (κ1) is 21.2. The molecule has 0 radical (unpaired) electrons. The highest BCUT2D eigenvalue weighted by Crippen LogP contribution is 2.24. The van der Waals surface area contributed by atoms with Crippen LogP contribution in [0.4, 0.5) is 5.95 Å². The molecule has 4 aromatic rings. The molecule has 0 aliphatic rings. The lowest BCUT2D eigenvalue weighted by atomic mass is 10.2. The van der Waals surface area contributed by atoms with Crippen molar-refractivity contribution in [2.24, 2.45) is 0 Å². The maximum atomic E-state index is 12.6. The third kappa shape index (κ3) is 5.16. The van der Waals surface area contributed by atoms with Crippen molar-refractivity contribution in [2.75, 3.05) is 5.32 Å². The van der Waals surface area contributed by atoms with Crippen molar-refractivity contribution in [1.82, 2.24) is 24.5 Å². The average Bonchev–Trinajstić information content (AvgIpc) is 3.39. The van der Waals surface area contributed by atoms with Crippen LogP contribution in [0.2, 0.25) is 15.1 Å². The summed E-state index contributed by atoms with van der Waals surface area (Å²) in [5.41, 5.74) is 1.18. The van der Waals surface area contributed by atoms with E-state index >= 15 is 0 Å². The van der Waals surface area contributed by atoms with E-state index in [0.717, 1.165) is 5.56 Å². The third-order valence-corrected chi connectivity index (χ3v) is 5.27. The lowest BCUT2D eigenvalue weighted by Crippen LogP contribution is -2.20. The largest absolute Gasteiger partial charge is 0.470 e. The lowest BCUT2D eigenvalue weighted by Gasteiger charge is -2.10. The molecule has 31 heavy (non-hydrogen) atoms. The fraction of sp³-hybridized carbons (Fsp3) is 0.100. The number of carbonyl (C=O) groups excluding carboxylic acids is 1. The van der Waals surface area contributed by atoms with E-state index < -0.39 is 5.91 Å². The second-order valence-electron chi connectivity index (χ2n) is 6.39. The van der Waals surface area contributed by atoms with Gasteiger partial charge < -0.3 is 4.74 Å². The van der Waals surface area contributed by atoms with Crippen LogP contribution in [0.3, 0.4) is 0 Å². The lowest BCUT2D eigenvalue weighted by molar-refractivity contribution is 0.100. The third-order valence-electron chi connectivity index (χ3n) is 4.22. The van der Waals surface area contributed by atoms with Crippen molar-refractivity contribution in [2.45, 2.75) is 13.3 Å². The zero-order valence-electron chi connectivity index (χ0n) is 15.9. The summed E-state index contributed by atoms with van der Waals surface area (Å²) in [5, 5.41) is 12.4. The molecule has 1 amide bonds. The van der Waals surface area contributed by atoms with Crippen LogP contribution in [0.5, 0.6) is 5.75 Å². The molecule has 0 spiro atoms. The van der Waals surface area contributed by atoms with E-state index in [1.54, 1.807) is 47.1 Å². The molecular weight excluding hydrogens is 463 g/mol. The second-order valence-corrected chi connectivity index (χ2v) is 7.61. The van der Waals surface area contributed by atoms with Crippen molar-refractivity contribution < 1.29 is 9.53 Å². The summed E-state index contributed by atoms with van der Waals surface area (Å²) in [7, 11) is 0. The minimum atomic E-state index is -0.424. The Morgan fingerprint density at radius 2 is 1.87 bits per heavy atom. The van der Waals surface area contributed by atoms with E-state index in [9.17, 15) is 4.79 Å². The number of hydrogen-bond acceptors (Lipinski definition) is 5. The summed E-state index contributed by atoms with van der Waals surface area (Å²) < 4.78 is 8.63. The number of anilines is 1. The number of amides is 1. The van der Waals surface area contributed by atoms with Crippen LogP contribution in [-0.4, -0.2) is 30.5 Å². The van der Waals surface area contributed by atoms with Crippen molar-refractivity contribution in [1.29, 1.82) is 0 Å². The van der Waals surface area contributed by atoms with E-state index in [0.29, 0.717) is 27.4 Å². The molecule has 11 heteroatoms. The van der Waals surface area contributed by atoms with Gasteiger partial charge in [0.15, 0.2) is 6.73 Å². The SMILES string of the molecule is O=C(Nc1ncn(Cc2ccc(Cl)c(Cl)c2)n1)c1ccnn1COc1ccccc1Cl. The number of para-hydroxylation sites is 1. The molecule has 158 valence electrons. The van der Waals surface area contributed by atoms with Crippen LogP contribution in [-0.2, 0) is 13.3 Å². The monoisotopic (exact) mass is 476 g/mol. The summed E-state index contributed by atoms with van der Waals surface area (Å²) in [6.07, 6.45) is 3.01. The highest BCUT2D eigenvalue weighted by atomic mass is 35.5. The Balaban J connectivity index is 1.40. The van der Waals surface area contributed by atoms with Crippen LogP contribution in [0.15, 0.2) is 61.1 Å². The molecule has 4 rings (SSSR count). The van der Waals surface area contributed by atoms with Crippen molar-refractivity contribution in [3.05, 3.63) is 87.4 Å². The van der Waals surface area contributed by atoms with Gasteiger partial charge in [0.05, 0.1) is 21.6 Å². The highest BCUT2D eigenvalue weighted by Gasteiger charge is 2.15. The Bertz CT molecular complexity index is 1220. The number of aromatic nitrogens is 5. The van der Waals surface area contributed by atoms with Crippen LogP contribution in [0.1, 0.15) is 16.1 Å². The highest BCUT2D eigenvalue weighted by molar-refractivity contribution is 6.42. The van der Waals surface area contributed by atoms with Gasteiger partial charge in [0.1, 0.15) is 17.8 Å². The topological polar surface area (TPSA) is 86.9 Å². The van der Waals surface area contributed by atoms with Crippen LogP contribution >= 0.6 is 34.8 Å². The first-order chi connectivity index (χ1) is 15.0. The number of benzene rings is 2. The molecule has 0 bridgehead atoms. The Morgan fingerprint density at radius 3 is 2.68 bits per heavy atom. The van der Waals surface area contributed by atoms with Crippen molar-refractivity contribution >= 4 is 46.7 Å². The molecule has 0 saturated heterocycles. The van der Waals surface area contributed by atoms with Gasteiger partial charge in [-0.25, -0.2) is 14.3 Å². The average molecular weight is 478 g/mol. The summed E-state index contributed by atoms with van der Waals surface area (Å²) in [6, 6.07) is 13.9. The molecule has 0 atom stereocenters. The Kier molecular flexibility index (Phi) is 6.41. The van der Waals surface area contributed by atoms with Gasteiger partial charge in [-0.05, 0) is 35.9 Å². The first-order valence-electron chi connectivity index (χ1n) is 9.03. The smallest absolute Gasteiger partial charge is 0.276 e. The van der Waals surface area contributed by atoms with Gasteiger partial charge >= 0.3 is 0 Å². The number of rotatable bonds is 7. The number of ether oxygens (including phenoxy) is 1. The second kappa shape index (κ2) is 9.38. The molecule has 1 N–H and O–H groups in total. The van der Waals surface area contributed by atoms with E-state index in [2.05, 4.69) is 20.5 Å². The maximum absolute atomic E-state index is 12.6. The van der Waals surface area contributed by atoms with E-state index in [-0.39, 0.29) is 18.4 Å². The van der Waals surface area contributed by atoms with E-state index in [1.807, 2.05) is 6.07 Å². The number of nitrogens with zero attached hydrogens (tertiary/aromatic N) is 5. The van der Waals surface area contributed by atoms with Crippen molar-refractivity contribution in [3.8, 4) is 5.75 Å². The number of carbonyl (C=O) groups is 1. The van der Waals surface area contributed by atoms with Gasteiger partial charge in [0.2, 0.25) is 5.95 Å².